The molecule has 0 saturated carbocycles. The molecule has 0 spiro atoms. The van der Waals surface area contributed by atoms with E-state index in [2.05, 4.69) is 48.1 Å². The summed E-state index contributed by atoms with van der Waals surface area (Å²) in [4.78, 5) is 0. The maximum atomic E-state index is 6.31. The Bertz CT molecular complexity index is 522. The van der Waals surface area contributed by atoms with Crippen LogP contribution in [0.15, 0.2) is 41.1 Å². The lowest BCUT2D eigenvalue weighted by molar-refractivity contribution is 0.422. The Hall–Kier alpha value is -0.830. The molecular weight excluding hydrogens is 298 g/mol. The number of halogens is 1. The molecule has 0 fully saturated rings. The van der Waals surface area contributed by atoms with Gasteiger partial charge in [0.15, 0.2) is 0 Å². The topological polar surface area (TPSA) is 12.0 Å². The Labute approximate surface area is 137 Å². The predicted octanol–water partition coefficient (Wildman–Crippen LogP) is 5.19. The van der Waals surface area contributed by atoms with Crippen molar-refractivity contribution in [2.24, 2.45) is 5.92 Å². The van der Waals surface area contributed by atoms with Crippen LogP contribution in [0.4, 0.5) is 0 Å². The molecule has 2 rings (SSSR count). The molecule has 0 amide bonds. The van der Waals surface area contributed by atoms with E-state index in [-0.39, 0.29) is 0 Å². The highest BCUT2D eigenvalue weighted by Gasteiger charge is 2.12. The molecule has 1 aromatic heterocycles. The van der Waals surface area contributed by atoms with Crippen LogP contribution in [-0.2, 0) is 12.8 Å². The molecule has 1 heterocycles. The van der Waals surface area contributed by atoms with Crippen molar-refractivity contribution in [1.29, 1.82) is 0 Å². The molecule has 0 bridgehead atoms. The van der Waals surface area contributed by atoms with Gasteiger partial charge in [-0.25, -0.2) is 0 Å². The fourth-order valence-corrected chi connectivity index (χ4v) is 3.38. The summed E-state index contributed by atoms with van der Waals surface area (Å²) in [6, 6.07) is 11.0. The summed E-state index contributed by atoms with van der Waals surface area (Å²) >= 11 is 8.09. The Morgan fingerprint density at radius 1 is 1.19 bits per heavy atom. The second-order valence-corrected chi connectivity index (χ2v) is 7.08. The normalized spacial score (nSPS) is 12.8. The lowest BCUT2D eigenvalue weighted by Gasteiger charge is -2.20. The number of benzene rings is 1. The van der Waals surface area contributed by atoms with Crippen molar-refractivity contribution in [1.82, 2.24) is 5.32 Å². The third-order valence-electron chi connectivity index (χ3n) is 3.70. The monoisotopic (exact) mass is 321 g/mol. The van der Waals surface area contributed by atoms with Crippen LogP contribution >= 0.6 is 22.9 Å². The zero-order valence-corrected chi connectivity index (χ0v) is 14.4. The van der Waals surface area contributed by atoms with Crippen molar-refractivity contribution in [3.8, 4) is 0 Å². The van der Waals surface area contributed by atoms with Crippen LogP contribution in [0.1, 0.15) is 31.4 Å². The van der Waals surface area contributed by atoms with Gasteiger partial charge in [0.05, 0.1) is 0 Å². The van der Waals surface area contributed by atoms with Crippen LogP contribution in [0.2, 0.25) is 5.02 Å². The van der Waals surface area contributed by atoms with Gasteiger partial charge in [-0.15, -0.1) is 0 Å². The van der Waals surface area contributed by atoms with E-state index in [1.807, 2.05) is 12.1 Å². The summed E-state index contributed by atoms with van der Waals surface area (Å²) in [6.45, 7) is 5.45. The first kappa shape index (κ1) is 16.5. The van der Waals surface area contributed by atoms with Crippen LogP contribution in [0.25, 0.3) is 0 Å². The highest BCUT2D eigenvalue weighted by atomic mass is 35.5. The fourth-order valence-electron chi connectivity index (χ4n) is 2.46. The molecule has 0 radical (unpaired) electrons. The predicted molar refractivity (Wildman–Crippen MR) is 94.4 cm³/mol. The third-order valence-corrected chi connectivity index (χ3v) is 4.80. The van der Waals surface area contributed by atoms with Gasteiger partial charge >= 0.3 is 0 Å². The lowest BCUT2D eigenvalue weighted by atomic mass is 9.93. The Morgan fingerprint density at radius 3 is 2.67 bits per heavy atom. The molecule has 0 aliphatic rings. The summed E-state index contributed by atoms with van der Waals surface area (Å²) in [5.74, 6) is 0.618. The Kier molecular flexibility index (Phi) is 6.75. The molecule has 0 aliphatic heterocycles. The smallest absolute Gasteiger partial charge is 0.0438 e. The highest BCUT2D eigenvalue weighted by Crippen LogP contribution is 2.22. The minimum atomic E-state index is 0.528. The summed E-state index contributed by atoms with van der Waals surface area (Å²) in [5.41, 5.74) is 2.72. The van der Waals surface area contributed by atoms with Crippen LogP contribution in [0.5, 0.6) is 0 Å². The molecule has 3 heteroatoms. The summed E-state index contributed by atoms with van der Waals surface area (Å²) in [5, 5.41) is 8.88. The Balaban J connectivity index is 1.95. The van der Waals surface area contributed by atoms with Gasteiger partial charge in [-0.3, -0.25) is 0 Å². The molecule has 21 heavy (non-hydrogen) atoms. The van der Waals surface area contributed by atoms with Gasteiger partial charge in [0.1, 0.15) is 0 Å². The number of aryl methyl sites for hydroxylation is 1. The van der Waals surface area contributed by atoms with Crippen LogP contribution in [-0.4, -0.2) is 12.6 Å². The minimum absolute atomic E-state index is 0.528. The summed E-state index contributed by atoms with van der Waals surface area (Å²) in [7, 11) is 0. The van der Waals surface area contributed by atoms with E-state index >= 15 is 0 Å². The minimum Gasteiger partial charge on any atom is -0.314 e. The molecule has 0 saturated heterocycles. The molecule has 1 N–H and O–H groups in total. The molecule has 1 nitrogen and oxygen atoms in total. The van der Waals surface area contributed by atoms with E-state index in [0.717, 1.165) is 24.4 Å². The van der Waals surface area contributed by atoms with Crippen molar-refractivity contribution in [2.45, 2.75) is 39.2 Å². The van der Waals surface area contributed by atoms with Crippen LogP contribution in [0.3, 0.4) is 0 Å². The maximum Gasteiger partial charge on any atom is 0.0438 e. The molecule has 2 aromatic rings. The van der Waals surface area contributed by atoms with Gasteiger partial charge in [0.2, 0.25) is 0 Å². The second kappa shape index (κ2) is 8.57. The first-order valence-electron chi connectivity index (χ1n) is 7.63. The average Bonchev–Trinajstić information content (AvgIpc) is 2.97. The van der Waals surface area contributed by atoms with E-state index in [1.165, 1.54) is 17.5 Å². The molecule has 1 atom stereocenters. The SMILES string of the molecule is CC(C)NCC(CCc1ccsc1)Cc1ccccc1Cl. The molecule has 0 aliphatic carbocycles. The van der Waals surface area contributed by atoms with Crippen LogP contribution < -0.4 is 5.32 Å². The fraction of sp³-hybridized carbons (Fsp3) is 0.444. The van der Waals surface area contributed by atoms with E-state index in [0.29, 0.717) is 12.0 Å². The van der Waals surface area contributed by atoms with Gasteiger partial charge < -0.3 is 5.32 Å². The second-order valence-electron chi connectivity index (χ2n) is 5.89. The highest BCUT2D eigenvalue weighted by molar-refractivity contribution is 7.07. The van der Waals surface area contributed by atoms with Gasteiger partial charge in [-0.1, -0.05) is 43.6 Å². The zero-order chi connectivity index (χ0) is 15.1. The van der Waals surface area contributed by atoms with E-state index in [1.54, 1.807) is 11.3 Å². The van der Waals surface area contributed by atoms with Crippen LogP contribution in [0, 0.1) is 5.92 Å². The van der Waals surface area contributed by atoms with Crippen molar-refractivity contribution < 1.29 is 0 Å². The van der Waals surface area contributed by atoms with E-state index in [4.69, 9.17) is 11.6 Å². The number of rotatable bonds is 8. The summed E-state index contributed by atoms with van der Waals surface area (Å²) in [6.07, 6.45) is 3.39. The van der Waals surface area contributed by atoms with Crippen molar-refractivity contribution in [3.63, 3.8) is 0 Å². The number of hydrogen-bond donors (Lipinski definition) is 1. The first-order valence-corrected chi connectivity index (χ1v) is 8.95. The third kappa shape index (κ3) is 5.82. The van der Waals surface area contributed by atoms with Gasteiger partial charge in [-0.05, 0) is 65.7 Å². The molecule has 1 aromatic carbocycles. The molecule has 1 unspecified atom stereocenters. The zero-order valence-electron chi connectivity index (χ0n) is 12.8. The standard InChI is InChI=1S/C18H24ClNS/c1-14(2)20-12-16(8-7-15-9-10-21-13-15)11-17-5-3-4-6-18(17)19/h3-6,9-10,13-14,16,20H,7-8,11-12H2,1-2H3. The van der Waals surface area contributed by atoms with Crippen molar-refractivity contribution in [3.05, 3.63) is 57.2 Å². The summed E-state index contributed by atoms with van der Waals surface area (Å²) < 4.78 is 0. The quantitative estimate of drug-likeness (QED) is 0.705. The van der Waals surface area contributed by atoms with Gasteiger partial charge in [0, 0.05) is 11.1 Å². The number of hydrogen-bond acceptors (Lipinski definition) is 2. The number of thiophene rings is 1. The average molecular weight is 322 g/mol. The lowest BCUT2D eigenvalue weighted by Crippen LogP contribution is -2.30. The maximum absolute atomic E-state index is 6.31. The molecular formula is C18H24ClNS. The number of nitrogens with one attached hydrogen (secondary N) is 1. The Morgan fingerprint density at radius 2 is 2.00 bits per heavy atom. The van der Waals surface area contributed by atoms with Crippen molar-refractivity contribution in [2.75, 3.05) is 6.54 Å². The van der Waals surface area contributed by atoms with E-state index < -0.39 is 0 Å². The largest absolute Gasteiger partial charge is 0.314 e. The molecule has 114 valence electrons. The van der Waals surface area contributed by atoms with Gasteiger partial charge in [-0.2, -0.15) is 11.3 Å². The van der Waals surface area contributed by atoms with Crippen molar-refractivity contribution >= 4 is 22.9 Å². The first-order chi connectivity index (χ1) is 10.1. The van der Waals surface area contributed by atoms with E-state index in [9.17, 15) is 0 Å². The van der Waals surface area contributed by atoms with Gasteiger partial charge in [0.25, 0.3) is 0 Å².